The number of hydrogen-bond acceptors (Lipinski definition) is 8. The van der Waals surface area contributed by atoms with Crippen LogP contribution in [0.5, 0.6) is 11.5 Å². The van der Waals surface area contributed by atoms with Crippen LogP contribution in [0.4, 0.5) is 5.13 Å². The van der Waals surface area contributed by atoms with E-state index < -0.39 is 6.10 Å². The molecular formula is C27H23N3O5S2. The Morgan fingerprint density at radius 3 is 2.62 bits per heavy atom. The molecule has 0 aliphatic carbocycles. The highest BCUT2D eigenvalue weighted by atomic mass is 32.1. The standard InChI is InChI=1S/C27H23N3O5S2/c31-23(28-13-15-34-18-7-2-1-3-8-18)12-14-30(26(33)22-11-6-16-36-22)27-29-20(17-37-27)25-24(32)19-9-4-5-10-21(19)35-25/h1-11,16-17,25H,12-15H2,(H,28,31). The predicted molar refractivity (Wildman–Crippen MR) is 142 cm³/mol. The van der Waals surface area contributed by atoms with E-state index in [1.807, 2.05) is 35.7 Å². The number of fused-ring (bicyclic) bond motifs is 1. The zero-order chi connectivity index (χ0) is 25.6. The average Bonchev–Trinajstić information content (AvgIpc) is 3.69. The predicted octanol–water partition coefficient (Wildman–Crippen LogP) is 4.75. The molecule has 0 saturated carbocycles. The van der Waals surface area contributed by atoms with E-state index in [1.54, 1.807) is 41.8 Å². The molecule has 1 N–H and O–H groups in total. The third-order valence-corrected chi connectivity index (χ3v) is 7.36. The van der Waals surface area contributed by atoms with Crippen LogP contribution in [0.25, 0.3) is 0 Å². The van der Waals surface area contributed by atoms with Crippen LogP contribution in [-0.4, -0.2) is 42.3 Å². The third-order valence-electron chi connectivity index (χ3n) is 5.62. The maximum atomic E-state index is 13.3. The third kappa shape index (κ3) is 5.71. The topological polar surface area (TPSA) is 97.8 Å². The van der Waals surface area contributed by atoms with Crippen molar-refractivity contribution < 1.29 is 23.9 Å². The number of amides is 2. The summed E-state index contributed by atoms with van der Waals surface area (Å²) in [6.45, 7) is 0.811. The van der Waals surface area contributed by atoms with Crippen LogP contribution in [-0.2, 0) is 4.79 Å². The van der Waals surface area contributed by atoms with E-state index in [0.29, 0.717) is 40.2 Å². The van der Waals surface area contributed by atoms with E-state index in [9.17, 15) is 14.4 Å². The number of para-hydroxylation sites is 2. The molecule has 2 aromatic heterocycles. The maximum absolute atomic E-state index is 13.3. The minimum Gasteiger partial charge on any atom is -0.492 e. The van der Waals surface area contributed by atoms with Crippen molar-refractivity contribution in [2.45, 2.75) is 12.5 Å². The highest BCUT2D eigenvalue weighted by molar-refractivity contribution is 7.14. The number of anilines is 1. The molecular weight excluding hydrogens is 510 g/mol. The Kier molecular flexibility index (Phi) is 7.57. The van der Waals surface area contributed by atoms with Gasteiger partial charge < -0.3 is 14.8 Å². The monoisotopic (exact) mass is 533 g/mol. The maximum Gasteiger partial charge on any atom is 0.270 e. The number of Topliss-reactive ketones (excluding diaryl/α,β-unsaturated/α-hetero) is 1. The van der Waals surface area contributed by atoms with Gasteiger partial charge in [-0.1, -0.05) is 36.4 Å². The number of ketones is 1. The van der Waals surface area contributed by atoms with E-state index in [0.717, 1.165) is 5.75 Å². The van der Waals surface area contributed by atoms with Crippen LogP contribution in [0.3, 0.4) is 0 Å². The zero-order valence-electron chi connectivity index (χ0n) is 19.7. The van der Waals surface area contributed by atoms with Crippen LogP contribution in [0.15, 0.2) is 77.5 Å². The van der Waals surface area contributed by atoms with Gasteiger partial charge >= 0.3 is 0 Å². The van der Waals surface area contributed by atoms with Gasteiger partial charge in [-0.2, -0.15) is 0 Å². The van der Waals surface area contributed by atoms with Crippen LogP contribution in [0.1, 0.15) is 38.2 Å². The quantitative estimate of drug-likeness (QED) is 0.296. The fourth-order valence-electron chi connectivity index (χ4n) is 3.81. The molecule has 0 saturated heterocycles. The van der Waals surface area contributed by atoms with E-state index >= 15 is 0 Å². The number of nitrogens with zero attached hydrogens (tertiary/aromatic N) is 2. The smallest absolute Gasteiger partial charge is 0.270 e. The van der Waals surface area contributed by atoms with Crippen LogP contribution < -0.4 is 19.7 Å². The lowest BCUT2D eigenvalue weighted by atomic mass is 10.1. The van der Waals surface area contributed by atoms with Gasteiger partial charge in [0.1, 0.15) is 23.8 Å². The Hall–Kier alpha value is -4.02. The average molecular weight is 534 g/mol. The van der Waals surface area contributed by atoms with E-state index in [1.165, 1.54) is 27.6 Å². The fourth-order valence-corrected chi connectivity index (χ4v) is 5.34. The summed E-state index contributed by atoms with van der Waals surface area (Å²) in [6, 6.07) is 20.0. The number of ether oxygens (including phenoxy) is 2. The summed E-state index contributed by atoms with van der Waals surface area (Å²) in [5.41, 5.74) is 0.953. The minimum absolute atomic E-state index is 0.0850. The molecule has 1 unspecified atom stereocenters. The van der Waals surface area contributed by atoms with Crippen LogP contribution in [0.2, 0.25) is 0 Å². The number of nitrogens with one attached hydrogen (secondary N) is 1. The molecule has 2 aromatic carbocycles. The van der Waals surface area contributed by atoms with Crippen molar-refractivity contribution in [3.8, 4) is 11.5 Å². The van der Waals surface area contributed by atoms with Crippen molar-refractivity contribution in [3.05, 3.63) is 93.6 Å². The van der Waals surface area contributed by atoms with Crippen molar-refractivity contribution >= 4 is 45.4 Å². The summed E-state index contributed by atoms with van der Waals surface area (Å²) >= 11 is 2.55. The number of rotatable bonds is 10. The number of carbonyl (C=O) groups excluding carboxylic acids is 3. The highest BCUT2D eigenvalue weighted by Crippen LogP contribution is 2.38. The molecule has 0 radical (unpaired) electrons. The van der Waals surface area contributed by atoms with Crippen molar-refractivity contribution in [1.29, 1.82) is 0 Å². The Balaban J connectivity index is 1.23. The number of benzene rings is 2. The molecule has 2 amide bonds. The van der Waals surface area contributed by atoms with Gasteiger partial charge in [-0.3, -0.25) is 19.3 Å². The molecule has 4 aromatic rings. The molecule has 3 heterocycles. The highest BCUT2D eigenvalue weighted by Gasteiger charge is 2.35. The molecule has 8 nitrogen and oxygen atoms in total. The Labute approximate surface area is 221 Å². The van der Waals surface area contributed by atoms with Gasteiger partial charge in [-0.25, -0.2) is 4.98 Å². The lowest BCUT2D eigenvalue weighted by Crippen LogP contribution is -2.36. The summed E-state index contributed by atoms with van der Waals surface area (Å²) in [4.78, 5) is 45.2. The van der Waals surface area contributed by atoms with Gasteiger partial charge in [0.05, 0.1) is 17.0 Å². The zero-order valence-corrected chi connectivity index (χ0v) is 21.3. The normalized spacial score (nSPS) is 14.1. The second-order valence-electron chi connectivity index (χ2n) is 8.11. The summed E-state index contributed by atoms with van der Waals surface area (Å²) in [5.74, 6) is 0.629. The van der Waals surface area contributed by atoms with Crippen LogP contribution in [0, 0.1) is 0 Å². The van der Waals surface area contributed by atoms with Crippen LogP contribution >= 0.6 is 22.7 Å². The first-order chi connectivity index (χ1) is 18.1. The summed E-state index contributed by atoms with van der Waals surface area (Å²) < 4.78 is 11.4. The first kappa shape index (κ1) is 24.7. The molecule has 188 valence electrons. The Morgan fingerprint density at radius 1 is 1.03 bits per heavy atom. The van der Waals surface area contributed by atoms with Crippen molar-refractivity contribution in [3.63, 3.8) is 0 Å². The number of thiophene rings is 1. The summed E-state index contributed by atoms with van der Waals surface area (Å²) in [6.07, 6.45) is -0.768. The lowest BCUT2D eigenvalue weighted by molar-refractivity contribution is -0.121. The van der Waals surface area contributed by atoms with Gasteiger partial charge in [0.15, 0.2) is 5.13 Å². The SMILES string of the molecule is O=C(CCN(C(=O)c1cccs1)c1nc(C2Oc3ccccc3C2=O)cs1)NCCOc1ccccc1. The molecule has 5 rings (SSSR count). The van der Waals surface area contributed by atoms with Gasteiger partial charge in [0.2, 0.25) is 17.8 Å². The van der Waals surface area contributed by atoms with Gasteiger partial charge in [0, 0.05) is 18.3 Å². The van der Waals surface area contributed by atoms with Crippen molar-refractivity contribution in [1.82, 2.24) is 10.3 Å². The molecule has 1 aliphatic rings. The Bertz CT molecular complexity index is 1390. The van der Waals surface area contributed by atoms with Gasteiger partial charge in [-0.15, -0.1) is 22.7 Å². The number of thiazole rings is 1. The molecule has 37 heavy (non-hydrogen) atoms. The molecule has 0 fully saturated rings. The second kappa shape index (κ2) is 11.4. The van der Waals surface area contributed by atoms with Crippen molar-refractivity contribution in [2.24, 2.45) is 0 Å². The molecule has 10 heteroatoms. The first-order valence-electron chi connectivity index (χ1n) is 11.7. The Morgan fingerprint density at radius 2 is 1.84 bits per heavy atom. The van der Waals surface area contributed by atoms with E-state index in [4.69, 9.17) is 9.47 Å². The molecule has 1 atom stereocenters. The largest absolute Gasteiger partial charge is 0.492 e. The van der Waals surface area contributed by atoms with E-state index in [2.05, 4.69) is 10.3 Å². The van der Waals surface area contributed by atoms with Gasteiger partial charge in [-0.05, 0) is 35.7 Å². The van der Waals surface area contributed by atoms with Crippen molar-refractivity contribution in [2.75, 3.05) is 24.6 Å². The lowest BCUT2D eigenvalue weighted by Gasteiger charge is -2.19. The minimum atomic E-state index is -0.853. The number of carbonyl (C=O) groups is 3. The first-order valence-corrected chi connectivity index (χ1v) is 13.4. The van der Waals surface area contributed by atoms with Gasteiger partial charge in [0.25, 0.3) is 5.91 Å². The van der Waals surface area contributed by atoms with E-state index in [-0.39, 0.29) is 30.6 Å². The fraction of sp³-hybridized carbons (Fsp3) is 0.185. The number of hydrogen-bond donors (Lipinski definition) is 1. The second-order valence-corrected chi connectivity index (χ2v) is 9.89. The summed E-state index contributed by atoms with van der Waals surface area (Å²) in [5, 5.41) is 6.76. The summed E-state index contributed by atoms with van der Waals surface area (Å²) in [7, 11) is 0. The number of aromatic nitrogens is 1. The molecule has 0 spiro atoms. The molecule has 1 aliphatic heterocycles. The molecule has 0 bridgehead atoms.